The Labute approximate surface area is 127 Å². The van der Waals surface area contributed by atoms with Crippen LogP contribution in [0.2, 0.25) is 5.02 Å². The molecule has 0 aliphatic heterocycles. The molecule has 0 aromatic heterocycles. The summed E-state index contributed by atoms with van der Waals surface area (Å²) in [6, 6.07) is 8.39. The second-order valence-corrected chi connectivity index (χ2v) is 4.93. The van der Waals surface area contributed by atoms with Crippen LogP contribution in [0.15, 0.2) is 36.4 Å². The second-order valence-electron chi connectivity index (χ2n) is 4.52. The van der Waals surface area contributed by atoms with E-state index in [9.17, 15) is 8.78 Å². The van der Waals surface area contributed by atoms with Crippen molar-refractivity contribution in [1.82, 2.24) is 5.32 Å². The standard InChI is InChI=1S/C16H16ClF2NO/c1-3-20-16(11-5-4-6-13(17)15(11)19)12-9-10(18)7-8-14(12)21-2/h4-9,16,20H,3H2,1-2H3. The van der Waals surface area contributed by atoms with Crippen molar-refractivity contribution in [3.63, 3.8) is 0 Å². The molecule has 0 aliphatic carbocycles. The lowest BCUT2D eigenvalue weighted by molar-refractivity contribution is 0.401. The van der Waals surface area contributed by atoms with E-state index in [4.69, 9.17) is 16.3 Å². The molecule has 21 heavy (non-hydrogen) atoms. The molecular formula is C16H16ClF2NO. The maximum atomic E-state index is 14.3. The molecule has 1 atom stereocenters. The fraction of sp³-hybridized carbons (Fsp3) is 0.250. The average molecular weight is 312 g/mol. The molecule has 0 radical (unpaired) electrons. The number of methoxy groups -OCH3 is 1. The van der Waals surface area contributed by atoms with Gasteiger partial charge in [-0.15, -0.1) is 0 Å². The molecular weight excluding hydrogens is 296 g/mol. The van der Waals surface area contributed by atoms with E-state index >= 15 is 0 Å². The Morgan fingerprint density at radius 2 is 1.95 bits per heavy atom. The van der Waals surface area contributed by atoms with Crippen LogP contribution >= 0.6 is 11.6 Å². The predicted molar refractivity (Wildman–Crippen MR) is 79.9 cm³/mol. The Balaban J connectivity index is 2.58. The lowest BCUT2D eigenvalue weighted by atomic mass is 9.97. The highest BCUT2D eigenvalue weighted by atomic mass is 35.5. The molecule has 1 unspecified atom stereocenters. The van der Waals surface area contributed by atoms with Crippen LogP contribution in [0.1, 0.15) is 24.1 Å². The first-order chi connectivity index (χ1) is 10.1. The molecule has 2 aromatic carbocycles. The minimum Gasteiger partial charge on any atom is -0.496 e. The minimum absolute atomic E-state index is 0.0331. The second kappa shape index (κ2) is 6.87. The molecule has 112 valence electrons. The van der Waals surface area contributed by atoms with Gasteiger partial charge in [0, 0.05) is 11.1 Å². The Kier molecular flexibility index (Phi) is 5.15. The van der Waals surface area contributed by atoms with Gasteiger partial charge < -0.3 is 10.1 Å². The van der Waals surface area contributed by atoms with E-state index < -0.39 is 17.7 Å². The number of hydrogen-bond donors (Lipinski definition) is 1. The highest BCUT2D eigenvalue weighted by Gasteiger charge is 2.22. The van der Waals surface area contributed by atoms with Crippen molar-refractivity contribution < 1.29 is 13.5 Å². The van der Waals surface area contributed by atoms with Crippen LogP contribution in [-0.2, 0) is 0 Å². The third-order valence-corrected chi connectivity index (χ3v) is 3.50. The molecule has 2 rings (SSSR count). The van der Waals surface area contributed by atoms with Crippen molar-refractivity contribution in [3.05, 3.63) is 64.2 Å². The third kappa shape index (κ3) is 3.34. The quantitative estimate of drug-likeness (QED) is 0.887. The van der Waals surface area contributed by atoms with Gasteiger partial charge in [0.2, 0.25) is 0 Å². The summed E-state index contributed by atoms with van der Waals surface area (Å²) in [5.41, 5.74) is 0.883. The number of rotatable bonds is 5. The maximum Gasteiger partial charge on any atom is 0.146 e. The molecule has 2 aromatic rings. The van der Waals surface area contributed by atoms with Crippen molar-refractivity contribution in [2.24, 2.45) is 0 Å². The number of halogens is 3. The molecule has 5 heteroatoms. The van der Waals surface area contributed by atoms with Crippen molar-refractivity contribution in [2.45, 2.75) is 13.0 Å². The Bertz CT molecular complexity index is 634. The van der Waals surface area contributed by atoms with Gasteiger partial charge in [-0.1, -0.05) is 30.7 Å². The summed E-state index contributed by atoms with van der Waals surface area (Å²) in [4.78, 5) is 0. The highest BCUT2D eigenvalue weighted by Crippen LogP contribution is 2.33. The van der Waals surface area contributed by atoms with E-state index in [0.717, 1.165) is 0 Å². The molecule has 2 nitrogen and oxygen atoms in total. The lowest BCUT2D eigenvalue weighted by Crippen LogP contribution is -2.23. The Morgan fingerprint density at radius 3 is 2.62 bits per heavy atom. The van der Waals surface area contributed by atoms with Crippen molar-refractivity contribution >= 4 is 11.6 Å². The van der Waals surface area contributed by atoms with E-state index in [1.165, 1.54) is 31.4 Å². The van der Waals surface area contributed by atoms with Crippen molar-refractivity contribution in [3.8, 4) is 5.75 Å². The van der Waals surface area contributed by atoms with Gasteiger partial charge in [-0.25, -0.2) is 8.78 Å². The minimum atomic E-state index is -0.542. The summed E-state index contributed by atoms with van der Waals surface area (Å²) >= 11 is 5.84. The zero-order valence-electron chi connectivity index (χ0n) is 11.8. The molecule has 0 aliphatic rings. The normalized spacial score (nSPS) is 12.2. The zero-order chi connectivity index (χ0) is 15.4. The largest absolute Gasteiger partial charge is 0.496 e. The summed E-state index contributed by atoms with van der Waals surface area (Å²) in [6.07, 6.45) is 0. The highest BCUT2D eigenvalue weighted by molar-refractivity contribution is 6.30. The van der Waals surface area contributed by atoms with E-state index in [2.05, 4.69) is 5.32 Å². The van der Waals surface area contributed by atoms with Gasteiger partial charge in [0.1, 0.15) is 17.4 Å². The first-order valence-corrected chi connectivity index (χ1v) is 6.97. The first-order valence-electron chi connectivity index (χ1n) is 6.59. The molecule has 0 bridgehead atoms. The van der Waals surface area contributed by atoms with Gasteiger partial charge in [0.15, 0.2) is 0 Å². The fourth-order valence-electron chi connectivity index (χ4n) is 2.27. The van der Waals surface area contributed by atoms with Gasteiger partial charge in [-0.05, 0) is 30.8 Å². The number of ether oxygens (including phenoxy) is 1. The van der Waals surface area contributed by atoms with E-state index in [-0.39, 0.29) is 5.02 Å². The van der Waals surface area contributed by atoms with E-state index in [1.54, 1.807) is 12.1 Å². The van der Waals surface area contributed by atoms with Gasteiger partial charge >= 0.3 is 0 Å². The van der Waals surface area contributed by atoms with Crippen LogP contribution in [0.25, 0.3) is 0 Å². The molecule has 1 N–H and O–H groups in total. The van der Waals surface area contributed by atoms with Gasteiger partial charge in [-0.2, -0.15) is 0 Å². The molecule has 0 heterocycles. The third-order valence-electron chi connectivity index (χ3n) is 3.20. The van der Waals surface area contributed by atoms with E-state index in [0.29, 0.717) is 23.4 Å². The van der Waals surface area contributed by atoms with Crippen LogP contribution in [0, 0.1) is 11.6 Å². The summed E-state index contributed by atoms with van der Waals surface area (Å²) in [5.74, 6) is -0.436. The molecule has 0 amide bonds. The van der Waals surface area contributed by atoms with Crippen molar-refractivity contribution in [2.75, 3.05) is 13.7 Å². The van der Waals surface area contributed by atoms with Crippen LogP contribution in [0.3, 0.4) is 0 Å². The van der Waals surface area contributed by atoms with Crippen LogP contribution < -0.4 is 10.1 Å². The SMILES string of the molecule is CCNC(c1cc(F)ccc1OC)c1cccc(Cl)c1F. The summed E-state index contributed by atoms with van der Waals surface area (Å²) in [5, 5.41) is 3.17. The topological polar surface area (TPSA) is 21.3 Å². The number of benzene rings is 2. The number of hydrogen-bond acceptors (Lipinski definition) is 2. The molecule has 0 spiro atoms. The summed E-state index contributed by atoms with van der Waals surface area (Å²) < 4.78 is 33.1. The molecule has 0 saturated heterocycles. The monoisotopic (exact) mass is 311 g/mol. The molecule has 0 fully saturated rings. The van der Waals surface area contributed by atoms with Crippen LogP contribution in [-0.4, -0.2) is 13.7 Å². The van der Waals surface area contributed by atoms with E-state index in [1.807, 2.05) is 6.92 Å². The zero-order valence-corrected chi connectivity index (χ0v) is 12.5. The Morgan fingerprint density at radius 1 is 1.19 bits per heavy atom. The average Bonchev–Trinajstić information content (AvgIpc) is 2.48. The van der Waals surface area contributed by atoms with Gasteiger partial charge in [-0.3, -0.25) is 0 Å². The van der Waals surface area contributed by atoms with Crippen LogP contribution in [0.5, 0.6) is 5.75 Å². The first kappa shape index (κ1) is 15.7. The maximum absolute atomic E-state index is 14.3. The number of nitrogens with one attached hydrogen (secondary N) is 1. The van der Waals surface area contributed by atoms with Gasteiger partial charge in [0.05, 0.1) is 18.2 Å². The lowest BCUT2D eigenvalue weighted by Gasteiger charge is -2.22. The fourth-order valence-corrected chi connectivity index (χ4v) is 2.45. The molecule has 0 saturated carbocycles. The van der Waals surface area contributed by atoms with Crippen molar-refractivity contribution in [1.29, 1.82) is 0 Å². The van der Waals surface area contributed by atoms with Crippen LogP contribution in [0.4, 0.5) is 8.78 Å². The summed E-state index contributed by atoms with van der Waals surface area (Å²) in [7, 11) is 1.49. The smallest absolute Gasteiger partial charge is 0.146 e. The Hall–Kier alpha value is -1.65. The summed E-state index contributed by atoms with van der Waals surface area (Å²) in [6.45, 7) is 2.47. The van der Waals surface area contributed by atoms with Gasteiger partial charge in [0.25, 0.3) is 0 Å². The predicted octanol–water partition coefficient (Wildman–Crippen LogP) is 4.33.